The molecule has 1 saturated heterocycles. The zero-order chi connectivity index (χ0) is 22.2. The lowest BCUT2D eigenvalue weighted by Gasteiger charge is -2.26. The van der Waals surface area contributed by atoms with Crippen LogP contribution in [0.15, 0.2) is 48.5 Å². The van der Waals surface area contributed by atoms with Gasteiger partial charge in [-0.2, -0.15) is 0 Å². The van der Waals surface area contributed by atoms with Crippen molar-refractivity contribution in [3.05, 3.63) is 64.7 Å². The summed E-state index contributed by atoms with van der Waals surface area (Å²) in [4.78, 5) is 29.1. The van der Waals surface area contributed by atoms with Crippen molar-refractivity contribution in [2.45, 2.75) is 31.9 Å². The highest BCUT2D eigenvalue weighted by molar-refractivity contribution is 6.30. The Labute approximate surface area is 189 Å². The van der Waals surface area contributed by atoms with E-state index < -0.39 is 0 Å². The summed E-state index contributed by atoms with van der Waals surface area (Å²) in [7, 11) is 4.00. The third-order valence-corrected chi connectivity index (χ3v) is 5.61. The Morgan fingerprint density at radius 2 is 1.81 bits per heavy atom. The molecule has 1 N–H and O–H groups in total. The SMILES string of the molecule is CN(C)c1ccc(CN(CC2CCCO2)C(=O)CCNC(=O)c2ccc(Cl)cc2)cc1. The number of amides is 2. The van der Waals surface area contributed by atoms with Crippen LogP contribution in [0.4, 0.5) is 5.69 Å². The van der Waals surface area contributed by atoms with Crippen LogP contribution in [0.2, 0.25) is 5.02 Å². The van der Waals surface area contributed by atoms with E-state index in [0.717, 1.165) is 30.7 Å². The Bertz CT molecular complexity index is 863. The van der Waals surface area contributed by atoms with Gasteiger partial charge in [-0.1, -0.05) is 23.7 Å². The maximum absolute atomic E-state index is 13.0. The van der Waals surface area contributed by atoms with E-state index in [1.54, 1.807) is 24.3 Å². The van der Waals surface area contributed by atoms with E-state index in [1.807, 2.05) is 36.0 Å². The maximum atomic E-state index is 13.0. The summed E-state index contributed by atoms with van der Waals surface area (Å²) in [5.74, 6) is -0.210. The van der Waals surface area contributed by atoms with Crippen LogP contribution >= 0.6 is 11.6 Å². The summed E-state index contributed by atoms with van der Waals surface area (Å²) in [6.07, 6.45) is 2.31. The summed E-state index contributed by atoms with van der Waals surface area (Å²) >= 11 is 5.86. The molecule has 2 amide bonds. The highest BCUT2D eigenvalue weighted by atomic mass is 35.5. The molecule has 1 fully saturated rings. The zero-order valence-corrected chi connectivity index (χ0v) is 18.9. The first-order chi connectivity index (χ1) is 14.9. The van der Waals surface area contributed by atoms with Gasteiger partial charge in [0, 0.05) is 63.0 Å². The van der Waals surface area contributed by atoms with E-state index in [-0.39, 0.29) is 30.9 Å². The Morgan fingerprint density at radius 3 is 2.42 bits per heavy atom. The van der Waals surface area contributed by atoms with Crippen LogP contribution in [0.3, 0.4) is 0 Å². The molecule has 1 atom stereocenters. The van der Waals surface area contributed by atoms with Gasteiger partial charge in [0.2, 0.25) is 5.91 Å². The van der Waals surface area contributed by atoms with E-state index in [1.165, 1.54) is 0 Å². The molecular formula is C24H30ClN3O3. The number of nitrogens with one attached hydrogen (secondary N) is 1. The van der Waals surface area contributed by atoms with Crippen LogP contribution in [0.1, 0.15) is 35.2 Å². The minimum atomic E-state index is -0.214. The molecule has 166 valence electrons. The van der Waals surface area contributed by atoms with E-state index in [2.05, 4.69) is 17.4 Å². The first kappa shape index (κ1) is 23.1. The summed E-state index contributed by atoms with van der Waals surface area (Å²) in [5, 5.41) is 3.39. The van der Waals surface area contributed by atoms with Gasteiger partial charge in [0.25, 0.3) is 5.91 Å². The van der Waals surface area contributed by atoms with Crippen molar-refractivity contribution in [2.24, 2.45) is 0 Å². The number of ether oxygens (including phenoxy) is 1. The van der Waals surface area contributed by atoms with Gasteiger partial charge in [-0.15, -0.1) is 0 Å². The van der Waals surface area contributed by atoms with Crippen molar-refractivity contribution in [1.82, 2.24) is 10.2 Å². The van der Waals surface area contributed by atoms with Crippen LogP contribution in [-0.4, -0.2) is 56.6 Å². The third-order valence-electron chi connectivity index (χ3n) is 5.36. The van der Waals surface area contributed by atoms with Gasteiger partial charge in [0.1, 0.15) is 0 Å². The second kappa shape index (κ2) is 11.2. The number of anilines is 1. The number of nitrogens with zero attached hydrogens (tertiary/aromatic N) is 2. The van der Waals surface area contributed by atoms with Crippen LogP contribution in [0.5, 0.6) is 0 Å². The van der Waals surface area contributed by atoms with Crippen molar-refractivity contribution >= 4 is 29.1 Å². The molecule has 31 heavy (non-hydrogen) atoms. The lowest BCUT2D eigenvalue weighted by atomic mass is 10.1. The molecule has 2 aromatic carbocycles. The molecule has 1 aliphatic heterocycles. The Morgan fingerprint density at radius 1 is 1.10 bits per heavy atom. The van der Waals surface area contributed by atoms with Crippen LogP contribution in [0.25, 0.3) is 0 Å². The molecule has 6 nitrogen and oxygen atoms in total. The predicted octanol–water partition coefficient (Wildman–Crippen LogP) is 3.73. The highest BCUT2D eigenvalue weighted by Crippen LogP contribution is 2.18. The van der Waals surface area contributed by atoms with Gasteiger partial charge in [-0.3, -0.25) is 9.59 Å². The van der Waals surface area contributed by atoms with Crippen molar-refractivity contribution in [3.63, 3.8) is 0 Å². The van der Waals surface area contributed by atoms with Gasteiger partial charge >= 0.3 is 0 Å². The molecule has 3 rings (SSSR count). The lowest BCUT2D eigenvalue weighted by molar-refractivity contribution is -0.133. The molecule has 0 aromatic heterocycles. The molecular weight excluding hydrogens is 414 g/mol. The number of hydrogen-bond donors (Lipinski definition) is 1. The number of halogens is 1. The normalized spacial score (nSPS) is 15.5. The van der Waals surface area contributed by atoms with Gasteiger partial charge in [0.15, 0.2) is 0 Å². The fraction of sp³-hybridized carbons (Fsp3) is 0.417. The zero-order valence-electron chi connectivity index (χ0n) is 18.1. The fourth-order valence-corrected chi connectivity index (χ4v) is 3.68. The van der Waals surface area contributed by atoms with E-state index in [4.69, 9.17) is 16.3 Å². The van der Waals surface area contributed by atoms with Crippen molar-refractivity contribution < 1.29 is 14.3 Å². The number of benzene rings is 2. The van der Waals surface area contributed by atoms with Gasteiger partial charge in [-0.05, 0) is 54.8 Å². The number of carbonyl (C=O) groups excluding carboxylic acids is 2. The monoisotopic (exact) mass is 443 g/mol. The molecule has 7 heteroatoms. The molecule has 0 aliphatic carbocycles. The van der Waals surface area contributed by atoms with Gasteiger partial charge < -0.3 is 19.9 Å². The topological polar surface area (TPSA) is 61.9 Å². The first-order valence-electron chi connectivity index (χ1n) is 10.6. The third kappa shape index (κ3) is 6.97. The van der Waals surface area contributed by atoms with Crippen LogP contribution in [-0.2, 0) is 16.1 Å². The minimum absolute atomic E-state index is 0.00333. The van der Waals surface area contributed by atoms with Gasteiger partial charge in [0.05, 0.1) is 6.10 Å². The molecule has 0 radical (unpaired) electrons. The average molecular weight is 444 g/mol. The molecule has 0 bridgehead atoms. The quantitative estimate of drug-likeness (QED) is 0.641. The number of carbonyl (C=O) groups is 2. The smallest absolute Gasteiger partial charge is 0.251 e. The minimum Gasteiger partial charge on any atom is -0.378 e. The second-order valence-electron chi connectivity index (χ2n) is 7.98. The number of rotatable bonds is 9. The molecule has 1 heterocycles. The van der Waals surface area contributed by atoms with E-state index >= 15 is 0 Å². The molecule has 1 unspecified atom stereocenters. The van der Waals surface area contributed by atoms with Crippen molar-refractivity contribution in [2.75, 3.05) is 38.7 Å². The molecule has 0 saturated carbocycles. The maximum Gasteiger partial charge on any atom is 0.251 e. The molecule has 0 spiro atoms. The van der Waals surface area contributed by atoms with E-state index in [0.29, 0.717) is 23.7 Å². The van der Waals surface area contributed by atoms with Crippen molar-refractivity contribution in [1.29, 1.82) is 0 Å². The Kier molecular flexibility index (Phi) is 8.32. The molecule has 1 aliphatic rings. The highest BCUT2D eigenvalue weighted by Gasteiger charge is 2.23. The van der Waals surface area contributed by atoms with E-state index in [9.17, 15) is 9.59 Å². The summed E-state index contributed by atoms with van der Waals surface area (Å²) in [6.45, 7) is 2.13. The summed E-state index contributed by atoms with van der Waals surface area (Å²) < 4.78 is 5.75. The summed E-state index contributed by atoms with van der Waals surface area (Å²) in [6, 6.07) is 14.9. The fourth-order valence-electron chi connectivity index (χ4n) is 3.55. The summed E-state index contributed by atoms with van der Waals surface area (Å²) in [5.41, 5.74) is 2.71. The first-order valence-corrected chi connectivity index (χ1v) is 11.0. The Balaban J connectivity index is 1.57. The van der Waals surface area contributed by atoms with Crippen molar-refractivity contribution in [3.8, 4) is 0 Å². The number of hydrogen-bond acceptors (Lipinski definition) is 4. The standard InChI is InChI=1S/C24H30ClN3O3/c1-27(2)21-11-5-18(6-12-21)16-28(17-22-4-3-15-31-22)23(29)13-14-26-24(30)19-7-9-20(25)10-8-19/h5-12,22H,3-4,13-17H2,1-2H3,(H,26,30). The predicted molar refractivity (Wildman–Crippen MR) is 124 cm³/mol. The molecule has 2 aromatic rings. The average Bonchev–Trinajstić information content (AvgIpc) is 3.27. The van der Waals surface area contributed by atoms with Gasteiger partial charge in [-0.25, -0.2) is 0 Å². The lowest BCUT2D eigenvalue weighted by Crippen LogP contribution is -2.38. The van der Waals surface area contributed by atoms with Crippen LogP contribution < -0.4 is 10.2 Å². The largest absolute Gasteiger partial charge is 0.378 e. The second-order valence-corrected chi connectivity index (χ2v) is 8.42. The Hall–Kier alpha value is -2.57. The van der Waals surface area contributed by atoms with Crippen LogP contribution in [0, 0.1) is 0 Å².